The van der Waals surface area contributed by atoms with E-state index in [1.165, 1.54) is 11.8 Å². The normalized spacial score (nSPS) is 10.4. The first-order valence-electron chi connectivity index (χ1n) is 6.94. The number of amides is 3. The third kappa shape index (κ3) is 5.72. The van der Waals surface area contributed by atoms with Crippen molar-refractivity contribution in [1.29, 1.82) is 0 Å². The third-order valence-electron chi connectivity index (χ3n) is 2.54. The van der Waals surface area contributed by atoms with Crippen molar-refractivity contribution in [2.75, 3.05) is 12.3 Å². The Hall–Kier alpha value is -1.61. The minimum atomic E-state index is -0.472. The lowest BCUT2D eigenvalue weighted by Crippen LogP contribution is -2.40. The van der Waals surface area contributed by atoms with Crippen LogP contribution in [0.15, 0.2) is 5.16 Å². The Morgan fingerprint density at radius 1 is 1.29 bits per heavy atom. The lowest BCUT2D eigenvalue weighted by Gasteiger charge is -2.08. The minimum absolute atomic E-state index is 0.103. The van der Waals surface area contributed by atoms with Crippen molar-refractivity contribution in [3.05, 3.63) is 5.82 Å². The number of nitrogens with zero attached hydrogens (tertiary/aromatic N) is 3. The predicted octanol–water partition coefficient (Wildman–Crippen LogP) is 0.475. The van der Waals surface area contributed by atoms with Crippen LogP contribution in [0.2, 0.25) is 0 Å². The maximum absolute atomic E-state index is 11.7. The van der Waals surface area contributed by atoms with Crippen molar-refractivity contribution in [2.24, 2.45) is 5.73 Å². The molecule has 4 N–H and O–H groups in total. The van der Waals surface area contributed by atoms with Crippen LogP contribution < -0.4 is 16.4 Å². The molecule has 3 amide bonds. The first kappa shape index (κ1) is 17.4. The zero-order chi connectivity index (χ0) is 15.7. The van der Waals surface area contributed by atoms with E-state index in [-0.39, 0.29) is 11.7 Å². The van der Waals surface area contributed by atoms with Crippen LogP contribution in [0, 0.1) is 0 Å². The fourth-order valence-electron chi connectivity index (χ4n) is 1.60. The fraction of sp³-hybridized carbons (Fsp3) is 0.667. The Balaban J connectivity index is 2.49. The summed E-state index contributed by atoms with van der Waals surface area (Å²) in [5.41, 5.74) is 5.60. The van der Waals surface area contributed by atoms with Crippen LogP contribution in [-0.2, 0) is 17.9 Å². The summed E-state index contributed by atoms with van der Waals surface area (Å²) in [7, 11) is 0. The van der Waals surface area contributed by atoms with E-state index in [0.29, 0.717) is 24.1 Å². The van der Waals surface area contributed by atoms with Gasteiger partial charge in [-0.1, -0.05) is 25.6 Å². The summed E-state index contributed by atoms with van der Waals surface area (Å²) in [5.74, 6) is 0.431. The van der Waals surface area contributed by atoms with Gasteiger partial charge < -0.3 is 15.6 Å². The van der Waals surface area contributed by atoms with Gasteiger partial charge in [-0.3, -0.25) is 10.1 Å². The first-order chi connectivity index (χ1) is 10.1. The number of carbonyl (C=O) groups is 2. The van der Waals surface area contributed by atoms with Crippen LogP contribution in [-0.4, -0.2) is 39.0 Å². The van der Waals surface area contributed by atoms with E-state index < -0.39 is 6.03 Å². The highest BCUT2D eigenvalue weighted by Gasteiger charge is 2.13. The quantitative estimate of drug-likeness (QED) is 0.601. The first-order valence-corrected chi connectivity index (χ1v) is 7.93. The summed E-state index contributed by atoms with van der Waals surface area (Å²) >= 11 is 1.24. The van der Waals surface area contributed by atoms with Gasteiger partial charge in [-0.05, 0) is 12.8 Å². The highest BCUT2D eigenvalue weighted by atomic mass is 32.2. The molecule has 1 rings (SSSR count). The van der Waals surface area contributed by atoms with Crippen molar-refractivity contribution in [3.8, 4) is 0 Å². The number of rotatable bonds is 8. The van der Waals surface area contributed by atoms with Gasteiger partial charge in [-0.2, -0.15) is 0 Å². The van der Waals surface area contributed by atoms with E-state index in [1.807, 2.05) is 18.4 Å². The van der Waals surface area contributed by atoms with Gasteiger partial charge in [0.15, 0.2) is 5.16 Å². The molecule has 9 heteroatoms. The molecule has 0 aromatic carbocycles. The van der Waals surface area contributed by atoms with E-state index in [1.54, 1.807) is 0 Å². The molecule has 0 fully saturated rings. The molecular weight excluding hydrogens is 292 g/mol. The van der Waals surface area contributed by atoms with Gasteiger partial charge >= 0.3 is 6.03 Å². The highest BCUT2D eigenvalue weighted by Crippen LogP contribution is 2.17. The number of thioether (sulfide) groups is 1. The number of carbonyl (C=O) groups excluding carboxylic acids is 2. The molecule has 0 spiro atoms. The summed E-state index contributed by atoms with van der Waals surface area (Å²) in [6, 6.07) is -0.472. The SMILES string of the molecule is CCCNC(=O)NC(=O)CSc1nnc(CN)n1CCC. The Kier molecular flexibility index (Phi) is 7.76. The zero-order valence-corrected chi connectivity index (χ0v) is 13.2. The van der Waals surface area contributed by atoms with E-state index in [0.717, 1.165) is 19.4 Å². The molecule has 1 aromatic heterocycles. The third-order valence-corrected chi connectivity index (χ3v) is 3.51. The van der Waals surface area contributed by atoms with Gasteiger partial charge in [-0.25, -0.2) is 4.79 Å². The molecule has 0 bridgehead atoms. The molecule has 0 unspecified atom stereocenters. The van der Waals surface area contributed by atoms with Gasteiger partial charge in [0, 0.05) is 13.1 Å². The summed E-state index contributed by atoms with van der Waals surface area (Å²) in [4.78, 5) is 23.0. The van der Waals surface area contributed by atoms with Crippen molar-refractivity contribution in [1.82, 2.24) is 25.4 Å². The van der Waals surface area contributed by atoms with Crippen molar-refractivity contribution >= 4 is 23.7 Å². The van der Waals surface area contributed by atoms with Crippen LogP contribution in [0.1, 0.15) is 32.5 Å². The number of urea groups is 1. The monoisotopic (exact) mass is 314 g/mol. The van der Waals surface area contributed by atoms with Crippen molar-refractivity contribution in [3.63, 3.8) is 0 Å². The van der Waals surface area contributed by atoms with Gasteiger partial charge in [-0.15, -0.1) is 10.2 Å². The molecule has 1 aromatic rings. The number of imide groups is 1. The molecule has 1 heterocycles. The molecule has 0 saturated carbocycles. The molecule has 21 heavy (non-hydrogen) atoms. The van der Waals surface area contributed by atoms with Crippen molar-refractivity contribution < 1.29 is 9.59 Å². The van der Waals surface area contributed by atoms with E-state index in [9.17, 15) is 9.59 Å². The smallest absolute Gasteiger partial charge is 0.321 e. The molecule has 118 valence electrons. The lowest BCUT2D eigenvalue weighted by atomic mass is 10.4. The number of aromatic nitrogens is 3. The van der Waals surface area contributed by atoms with Gasteiger partial charge in [0.1, 0.15) is 5.82 Å². The van der Waals surface area contributed by atoms with Crippen LogP contribution in [0.25, 0.3) is 0 Å². The largest absolute Gasteiger partial charge is 0.338 e. The molecule has 8 nitrogen and oxygen atoms in total. The summed E-state index contributed by atoms with van der Waals surface area (Å²) in [6.45, 7) is 5.57. The molecular formula is C12H22N6O2S. The average molecular weight is 314 g/mol. The molecule has 0 radical (unpaired) electrons. The van der Waals surface area contributed by atoms with E-state index in [2.05, 4.69) is 20.8 Å². The molecule has 0 aliphatic heterocycles. The molecule has 0 atom stereocenters. The van der Waals surface area contributed by atoms with Crippen molar-refractivity contribution in [2.45, 2.75) is 44.9 Å². The number of nitrogens with one attached hydrogen (secondary N) is 2. The minimum Gasteiger partial charge on any atom is -0.338 e. The molecule has 0 aliphatic carbocycles. The van der Waals surface area contributed by atoms with Crippen LogP contribution in [0.4, 0.5) is 4.79 Å². The van der Waals surface area contributed by atoms with Crippen LogP contribution in [0.3, 0.4) is 0 Å². The Labute approximate surface area is 128 Å². The lowest BCUT2D eigenvalue weighted by molar-refractivity contribution is -0.117. The van der Waals surface area contributed by atoms with Gasteiger partial charge in [0.2, 0.25) is 5.91 Å². The van der Waals surface area contributed by atoms with E-state index in [4.69, 9.17) is 5.73 Å². The second-order valence-electron chi connectivity index (χ2n) is 4.35. The standard InChI is InChI=1S/C12H22N6O2S/c1-3-5-14-11(20)15-10(19)8-21-12-17-16-9(7-13)18(12)6-4-2/h3-8,13H2,1-2H3,(H2,14,15,19,20). The summed E-state index contributed by atoms with van der Waals surface area (Å²) < 4.78 is 1.90. The Morgan fingerprint density at radius 3 is 2.67 bits per heavy atom. The topological polar surface area (TPSA) is 115 Å². The molecule has 0 aliphatic rings. The maximum Gasteiger partial charge on any atom is 0.321 e. The number of nitrogens with two attached hydrogens (primary N) is 1. The fourth-order valence-corrected chi connectivity index (χ4v) is 2.38. The average Bonchev–Trinajstić information content (AvgIpc) is 2.85. The maximum atomic E-state index is 11.7. The van der Waals surface area contributed by atoms with Crippen LogP contribution in [0.5, 0.6) is 0 Å². The Morgan fingerprint density at radius 2 is 2.05 bits per heavy atom. The Bertz CT molecular complexity index is 476. The van der Waals surface area contributed by atoms with Gasteiger partial charge in [0.25, 0.3) is 0 Å². The summed E-state index contributed by atoms with van der Waals surface area (Å²) in [6.07, 6.45) is 1.74. The van der Waals surface area contributed by atoms with Crippen LogP contribution >= 0.6 is 11.8 Å². The van der Waals surface area contributed by atoms with E-state index >= 15 is 0 Å². The highest BCUT2D eigenvalue weighted by molar-refractivity contribution is 7.99. The zero-order valence-electron chi connectivity index (χ0n) is 12.4. The number of hydrogen-bond donors (Lipinski definition) is 3. The van der Waals surface area contributed by atoms with Gasteiger partial charge in [0.05, 0.1) is 12.3 Å². The second-order valence-corrected chi connectivity index (χ2v) is 5.29. The molecule has 0 saturated heterocycles. The second kappa shape index (κ2) is 9.35. The number of hydrogen-bond acceptors (Lipinski definition) is 6. The predicted molar refractivity (Wildman–Crippen MR) is 80.8 cm³/mol. The summed E-state index contributed by atoms with van der Waals surface area (Å²) in [5, 5.41) is 13.5.